The maximum Gasteiger partial charge on any atom is 0.246 e. The Kier molecular flexibility index (Phi) is 4.63. The molecule has 0 aliphatic heterocycles. The van der Waals surface area contributed by atoms with Crippen LogP contribution in [0.4, 0.5) is 0 Å². The number of carbonyl (C=O) groups excluding carboxylic acids is 1. The van der Waals surface area contributed by atoms with Crippen molar-refractivity contribution >= 4 is 5.91 Å². The zero-order valence-corrected chi connectivity index (χ0v) is 6.50. The van der Waals surface area contributed by atoms with E-state index in [0.717, 1.165) is 13.1 Å². The van der Waals surface area contributed by atoms with Crippen LogP contribution in [0.15, 0.2) is 12.2 Å². The van der Waals surface area contributed by atoms with Crippen LogP contribution in [0.3, 0.4) is 0 Å². The molecule has 0 aromatic carbocycles. The standard InChI is InChI=1S/C8H13NO/c1-4-7-8(10)9(5-2)6-3/h1,4,7H,5-6H2,2-3H3/b7-4+. The zero-order chi connectivity index (χ0) is 7.98. The van der Waals surface area contributed by atoms with E-state index in [9.17, 15) is 4.79 Å². The molecule has 2 nitrogen and oxygen atoms in total. The number of hydrogen-bond acceptors (Lipinski definition) is 1. The van der Waals surface area contributed by atoms with Crippen molar-refractivity contribution in [1.29, 1.82) is 0 Å². The second-order valence-electron chi connectivity index (χ2n) is 1.87. The molecule has 0 saturated carbocycles. The Morgan fingerprint density at radius 3 is 2.30 bits per heavy atom. The van der Waals surface area contributed by atoms with Gasteiger partial charge in [0.05, 0.1) is 0 Å². The molecule has 0 spiro atoms. The summed E-state index contributed by atoms with van der Waals surface area (Å²) < 4.78 is 0. The summed E-state index contributed by atoms with van der Waals surface area (Å²) in [5.41, 5.74) is 0. The molecule has 0 unspecified atom stereocenters. The Balaban J connectivity index is 3.89. The number of allylic oxidation sites excluding steroid dienone is 1. The molecule has 56 valence electrons. The maximum absolute atomic E-state index is 11.0. The van der Waals surface area contributed by atoms with E-state index in [0.29, 0.717) is 0 Å². The molecule has 0 aromatic heterocycles. The predicted octanol–water partition coefficient (Wildman–Crippen LogP) is 1.12. The average molecular weight is 139 g/mol. The molecular weight excluding hydrogens is 126 g/mol. The third kappa shape index (κ3) is 2.67. The summed E-state index contributed by atoms with van der Waals surface area (Å²) in [6.07, 6.45) is 2.63. The number of amides is 1. The van der Waals surface area contributed by atoms with E-state index < -0.39 is 0 Å². The van der Waals surface area contributed by atoms with Gasteiger partial charge in [0.1, 0.15) is 0 Å². The van der Waals surface area contributed by atoms with Crippen molar-refractivity contribution in [2.45, 2.75) is 13.8 Å². The fraction of sp³-hybridized carbons (Fsp3) is 0.500. The highest BCUT2D eigenvalue weighted by Crippen LogP contribution is 1.89. The number of hydrogen-bond donors (Lipinski definition) is 0. The minimum absolute atomic E-state index is 0.0208. The quantitative estimate of drug-likeness (QED) is 0.536. The van der Waals surface area contributed by atoms with Gasteiger partial charge in [-0.15, -0.1) is 0 Å². The van der Waals surface area contributed by atoms with Gasteiger partial charge in [0.25, 0.3) is 0 Å². The monoisotopic (exact) mass is 139 g/mol. The lowest BCUT2D eigenvalue weighted by Gasteiger charge is -2.15. The minimum atomic E-state index is -0.0208. The van der Waals surface area contributed by atoms with E-state index in [1.54, 1.807) is 4.90 Å². The van der Waals surface area contributed by atoms with Gasteiger partial charge in [-0.25, -0.2) is 0 Å². The van der Waals surface area contributed by atoms with Gasteiger partial charge in [-0.05, 0) is 26.8 Å². The molecule has 0 heterocycles. The fourth-order valence-electron chi connectivity index (χ4n) is 0.723. The van der Waals surface area contributed by atoms with Crippen molar-refractivity contribution in [2.75, 3.05) is 13.1 Å². The second kappa shape index (κ2) is 5.03. The minimum Gasteiger partial charge on any atom is -0.340 e. The van der Waals surface area contributed by atoms with Gasteiger partial charge in [-0.1, -0.05) is 6.08 Å². The van der Waals surface area contributed by atoms with Gasteiger partial charge >= 0.3 is 0 Å². The summed E-state index contributed by atoms with van der Waals surface area (Å²) in [5, 5.41) is 0. The lowest BCUT2D eigenvalue weighted by molar-refractivity contribution is -0.125. The van der Waals surface area contributed by atoms with E-state index in [1.165, 1.54) is 12.2 Å². The topological polar surface area (TPSA) is 20.3 Å². The highest BCUT2D eigenvalue weighted by molar-refractivity contribution is 5.87. The zero-order valence-electron chi connectivity index (χ0n) is 6.50. The predicted molar refractivity (Wildman–Crippen MR) is 41.4 cm³/mol. The van der Waals surface area contributed by atoms with Crippen molar-refractivity contribution in [1.82, 2.24) is 4.90 Å². The van der Waals surface area contributed by atoms with Crippen LogP contribution in [0.5, 0.6) is 0 Å². The van der Waals surface area contributed by atoms with E-state index in [2.05, 4.69) is 0 Å². The SMILES string of the molecule is [CH]/C=C/C(=O)N(CC)CC. The Morgan fingerprint density at radius 1 is 1.50 bits per heavy atom. The Labute approximate surface area is 62.5 Å². The smallest absolute Gasteiger partial charge is 0.246 e. The Morgan fingerprint density at radius 2 is 2.00 bits per heavy atom. The lowest BCUT2D eigenvalue weighted by atomic mass is 10.4. The molecule has 2 heteroatoms. The Bertz CT molecular complexity index is 125. The molecule has 0 saturated heterocycles. The Hall–Kier alpha value is -0.790. The lowest BCUT2D eigenvalue weighted by Crippen LogP contribution is -2.28. The molecule has 10 heavy (non-hydrogen) atoms. The van der Waals surface area contributed by atoms with Crippen LogP contribution in [-0.2, 0) is 4.79 Å². The van der Waals surface area contributed by atoms with E-state index in [4.69, 9.17) is 6.92 Å². The van der Waals surface area contributed by atoms with Gasteiger partial charge < -0.3 is 4.90 Å². The maximum atomic E-state index is 11.0. The molecule has 0 aliphatic rings. The first-order chi connectivity index (χ1) is 4.76. The first kappa shape index (κ1) is 9.21. The van der Waals surface area contributed by atoms with Crippen molar-refractivity contribution < 1.29 is 4.79 Å². The van der Waals surface area contributed by atoms with E-state index >= 15 is 0 Å². The number of carbonyl (C=O) groups is 1. The highest BCUT2D eigenvalue weighted by atomic mass is 16.2. The number of nitrogens with zero attached hydrogens (tertiary/aromatic N) is 1. The van der Waals surface area contributed by atoms with Crippen LogP contribution < -0.4 is 0 Å². The van der Waals surface area contributed by atoms with Crippen LogP contribution >= 0.6 is 0 Å². The summed E-state index contributed by atoms with van der Waals surface area (Å²) in [5.74, 6) is -0.0208. The molecular formula is C8H13NO. The van der Waals surface area contributed by atoms with Crippen LogP contribution in [0.25, 0.3) is 0 Å². The van der Waals surface area contributed by atoms with Gasteiger partial charge in [0.15, 0.2) is 0 Å². The molecule has 2 radical (unpaired) electrons. The van der Waals surface area contributed by atoms with Crippen molar-refractivity contribution in [2.24, 2.45) is 0 Å². The third-order valence-corrected chi connectivity index (χ3v) is 1.31. The largest absolute Gasteiger partial charge is 0.340 e. The van der Waals surface area contributed by atoms with E-state index in [-0.39, 0.29) is 5.91 Å². The summed E-state index contributed by atoms with van der Waals surface area (Å²) in [6.45, 7) is 10.4. The van der Waals surface area contributed by atoms with Crippen LogP contribution in [0.2, 0.25) is 0 Å². The first-order valence-electron chi connectivity index (χ1n) is 3.43. The normalized spacial score (nSPS) is 10.3. The molecule has 0 aromatic rings. The summed E-state index contributed by atoms with van der Waals surface area (Å²) in [7, 11) is 0. The molecule has 0 aliphatic carbocycles. The molecule has 0 atom stereocenters. The molecule has 0 rings (SSSR count). The van der Waals surface area contributed by atoms with E-state index in [1.807, 2.05) is 13.8 Å². The van der Waals surface area contributed by atoms with Gasteiger partial charge in [0.2, 0.25) is 5.91 Å². The first-order valence-corrected chi connectivity index (χ1v) is 3.43. The van der Waals surface area contributed by atoms with Crippen LogP contribution in [0, 0.1) is 6.92 Å². The van der Waals surface area contributed by atoms with Crippen molar-refractivity contribution in [3.05, 3.63) is 19.1 Å². The molecule has 0 bridgehead atoms. The molecule has 0 fully saturated rings. The molecule has 0 N–H and O–H groups in total. The number of rotatable bonds is 3. The van der Waals surface area contributed by atoms with Gasteiger partial charge in [0, 0.05) is 13.1 Å². The van der Waals surface area contributed by atoms with Crippen LogP contribution in [-0.4, -0.2) is 23.9 Å². The van der Waals surface area contributed by atoms with Crippen LogP contribution in [0.1, 0.15) is 13.8 Å². The van der Waals surface area contributed by atoms with Crippen molar-refractivity contribution in [3.63, 3.8) is 0 Å². The summed E-state index contributed by atoms with van der Waals surface area (Å²) >= 11 is 0. The second-order valence-corrected chi connectivity index (χ2v) is 1.87. The highest BCUT2D eigenvalue weighted by Gasteiger charge is 2.02. The molecule has 1 amide bonds. The van der Waals surface area contributed by atoms with Gasteiger partial charge in [-0.3, -0.25) is 4.79 Å². The van der Waals surface area contributed by atoms with Crippen molar-refractivity contribution in [3.8, 4) is 0 Å². The van der Waals surface area contributed by atoms with Gasteiger partial charge in [-0.2, -0.15) is 0 Å². The third-order valence-electron chi connectivity index (χ3n) is 1.31. The number of likely N-dealkylation sites (N-methyl/N-ethyl adjacent to an activating group) is 1. The summed E-state index contributed by atoms with van der Waals surface area (Å²) in [4.78, 5) is 12.7. The fourth-order valence-corrected chi connectivity index (χ4v) is 0.723. The average Bonchev–Trinajstić information content (AvgIpc) is 1.91. The summed E-state index contributed by atoms with van der Waals surface area (Å²) in [6, 6.07) is 0.